The van der Waals surface area contributed by atoms with Crippen molar-refractivity contribution in [3.63, 3.8) is 0 Å². The Morgan fingerprint density at radius 3 is 2.21 bits per heavy atom. The van der Waals surface area contributed by atoms with Crippen LogP contribution in [0.4, 0.5) is 0 Å². The van der Waals surface area contributed by atoms with Crippen molar-refractivity contribution >= 4 is 5.97 Å². The molecule has 0 spiro atoms. The Balaban J connectivity index is 5.54. The van der Waals surface area contributed by atoms with E-state index in [-0.39, 0.29) is 17.7 Å². The molecule has 24 heavy (non-hydrogen) atoms. The van der Waals surface area contributed by atoms with Gasteiger partial charge < -0.3 is 10.0 Å². The smallest absolute Gasteiger partial charge is 0.308 e. The second kappa shape index (κ2) is 12.5. The molecule has 0 aromatic heterocycles. The Hall–Kier alpha value is -1.95. The highest BCUT2D eigenvalue weighted by atomic mass is 16.6. The van der Waals surface area contributed by atoms with Crippen LogP contribution in [-0.4, -0.2) is 40.5 Å². The molecule has 6 nitrogen and oxygen atoms in total. The highest BCUT2D eigenvalue weighted by molar-refractivity contribution is 5.72. The van der Waals surface area contributed by atoms with Crippen molar-refractivity contribution in [2.75, 3.05) is 19.6 Å². The van der Waals surface area contributed by atoms with Gasteiger partial charge in [0, 0.05) is 12.1 Å². The lowest BCUT2D eigenvalue weighted by molar-refractivity contribution is -0.420. The van der Waals surface area contributed by atoms with Gasteiger partial charge in [0.05, 0.1) is 11.3 Å². The van der Waals surface area contributed by atoms with Crippen LogP contribution in [-0.2, 0) is 4.79 Å². The number of nitro groups is 1. The van der Waals surface area contributed by atoms with E-state index in [0.29, 0.717) is 12.0 Å². The van der Waals surface area contributed by atoms with Gasteiger partial charge in [-0.15, -0.1) is 0 Å². The van der Waals surface area contributed by atoms with Gasteiger partial charge in [0.15, 0.2) is 0 Å². The molecule has 6 heteroatoms. The first-order chi connectivity index (χ1) is 11.4. The first kappa shape index (κ1) is 22.1. The molecule has 0 atom stereocenters. The van der Waals surface area contributed by atoms with Gasteiger partial charge in [-0.1, -0.05) is 32.9 Å². The highest BCUT2D eigenvalue weighted by Gasteiger charge is 2.21. The van der Waals surface area contributed by atoms with Crippen molar-refractivity contribution in [1.29, 1.82) is 0 Å². The maximum Gasteiger partial charge on any atom is 0.308 e. The van der Waals surface area contributed by atoms with Crippen molar-refractivity contribution < 1.29 is 14.8 Å². The van der Waals surface area contributed by atoms with Crippen LogP contribution in [0.15, 0.2) is 35.6 Å². The van der Waals surface area contributed by atoms with Crippen LogP contribution < -0.4 is 0 Å². The molecule has 0 aromatic carbocycles. The molecule has 0 aromatic rings. The van der Waals surface area contributed by atoms with Gasteiger partial charge in [0.1, 0.15) is 0 Å². The van der Waals surface area contributed by atoms with Gasteiger partial charge in [-0.25, -0.2) is 0 Å². The summed E-state index contributed by atoms with van der Waals surface area (Å²) in [6.45, 7) is 12.3. The lowest BCUT2D eigenvalue weighted by Gasteiger charge is -2.21. The van der Waals surface area contributed by atoms with Crippen LogP contribution >= 0.6 is 0 Å². The van der Waals surface area contributed by atoms with E-state index in [0.717, 1.165) is 38.9 Å². The van der Waals surface area contributed by atoms with Gasteiger partial charge in [-0.3, -0.25) is 14.9 Å². The molecule has 0 saturated carbocycles. The average molecular weight is 338 g/mol. The van der Waals surface area contributed by atoms with Gasteiger partial charge in [-0.05, 0) is 50.9 Å². The summed E-state index contributed by atoms with van der Waals surface area (Å²) in [5, 5.41) is 20.2. The van der Waals surface area contributed by atoms with E-state index in [1.54, 1.807) is 0 Å². The van der Waals surface area contributed by atoms with E-state index >= 15 is 0 Å². The lowest BCUT2D eigenvalue weighted by Crippen LogP contribution is -2.27. The molecular formula is C18H30N2O4. The number of aliphatic carboxylic acids is 1. The number of allylic oxidation sites excluding steroid dienone is 3. The molecule has 1 N–H and O–H groups in total. The SMILES string of the molecule is C=C(/C(CC(=O)O)=C(\C=C/CC)CCN(CCC)CCC)[N+](=O)[O-]. The van der Waals surface area contributed by atoms with E-state index in [1.807, 2.05) is 19.1 Å². The van der Waals surface area contributed by atoms with E-state index in [9.17, 15) is 14.9 Å². The van der Waals surface area contributed by atoms with E-state index in [4.69, 9.17) is 5.11 Å². The standard InChI is InChI=1S/C18H30N2O4/c1-5-8-9-16(10-13-19(11-6-2)12-7-3)17(14-18(21)22)15(4)20(23)24/h8-9H,4-7,10-14H2,1-3H3,(H,21,22)/b9-8-,17-16+. The zero-order valence-electron chi connectivity index (χ0n) is 15.1. The first-order valence-corrected chi connectivity index (χ1v) is 8.53. The van der Waals surface area contributed by atoms with Gasteiger partial charge in [-0.2, -0.15) is 0 Å². The Kier molecular flexibility index (Phi) is 11.5. The maximum absolute atomic E-state index is 11.1. The number of nitrogens with zero attached hydrogens (tertiary/aromatic N) is 2. The number of carbonyl (C=O) groups is 1. The zero-order chi connectivity index (χ0) is 18.5. The second-order valence-corrected chi connectivity index (χ2v) is 5.68. The largest absolute Gasteiger partial charge is 0.481 e. The average Bonchev–Trinajstić information content (AvgIpc) is 2.52. The van der Waals surface area contributed by atoms with E-state index in [1.165, 1.54) is 0 Å². The monoisotopic (exact) mass is 338 g/mol. The molecule has 0 aliphatic heterocycles. The zero-order valence-corrected chi connectivity index (χ0v) is 15.1. The maximum atomic E-state index is 11.1. The number of hydrogen-bond donors (Lipinski definition) is 1. The Morgan fingerprint density at radius 1 is 1.21 bits per heavy atom. The minimum atomic E-state index is -1.09. The third-order valence-electron chi connectivity index (χ3n) is 3.62. The van der Waals surface area contributed by atoms with E-state index in [2.05, 4.69) is 25.3 Å². The summed E-state index contributed by atoms with van der Waals surface area (Å²) in [7, 11) is 0. The summed E-state index contributed by atoms with van der Waals surface area (Å²) >= 11 is 0. The van der Waals surface area contributed by atoms with Crippen LogP contribution in [0.3, 0.4) is 0 Å². The predicted molar refractivity (Wildman–Crippen MR) is 96.5 cm³/mol. The fourth-order valence-corrected chi connectivity index (χ4v) is 2.50. The van der Waals surface area contributed by atoms with Crippen LogP contribution in [0, 0.1) is 10.1 Å². The summed E-state index contributed by atoms with van der Waals surface area (Å²) in [5.41, 5.74) is 0.578. The Morgan fingerprint density at radius 2 is 1.79 bits per heavy atom. The molecule has 0 radical (unpaired) electrons. The molecule has 0 aliphatic rings. The third-order valence-corrected chi connectivity index (χ3v) is 3.62. The molecule has 0 heterocycles. The van der Waals surface area contributed by atoms with Crippen molar-refractivity contribution in [3.8, 4) is 0 Å². The molecular weight excluding hydrogens is 308 g/mol. The second-order valence-electron chi connectivity index (χ2n) is 5.68. The van der Waals surface area contributed by atoms with Crippen molar-refractivity contribution in [2.24, 2.45) is 0 Å². The summed E-state index contributed by atoms with van der Waals surface area (Å²) in [4.78, 5) is 23.9. The topological polar surface area (TPSA) is 83.7 Å². The summed E-state index contributed by atoms with van der Waals surface area (Å²) in [5.74, 6) is -1.09. The molecule has 0 fully saturated rings. The molecule has 0 saturated heterocycles. The summed E-state index contributed by atoms with van der Waals surface area (Å²) in [6.07, 6.45) is 6.75. The molecule has 136 valence electrons. The predicted octanol–water partition coefficient (Wildman–Crippen LogP) is 4.03. The fraction of sp³-hybridized carbons (Fsp3) is 0.611. The normalized spacial score (nSPS) is 12.5. The van der Waals surface area contributed by atoms with Crippen LogP contribution in [0.2, 0.25) is 0 Å². The van der Waals surface area contributed by atoms with Gasteiger partial charge in [0.2, 0.25) is 0 Å². The fourth-order valence-electron chi connectivity index (χ4n) is 2.50. The minimum absolute atomic E-state index is 0.213. The molecule has 0 aliphatic carbocycles. The van der Waals surface area contributed by atoms with Crippen LogP contribution in [0.5, 0.6) is 0 Å². The molecule has 0 rings (SSSR count). The lowest BCUT2D eigenvalue weighted by atomic mass is 9.98. The van der Waals surface area contributed by atoms with Crippen LogP contribution in [0.1, 0.15) is 52.9 Å². The quantitative estimate of drug-likeness (QED) is 0.311. The van der Waals surface area contributed by atoms with Crippen molar-refractivity contribution in [1.82, 2.24) is 4.90 Å². The number of carboxylic acid groups (broad SMARTS) is 1. The minimum Gasteiger partial charge on any atom is -0.481 e. The first-order valence-electron chi connectivity index (χ1n) is 8.53. The van der Waals surface area contributed by atoms with E-state index < -0.39 is 10.9 Å². The Bertz CT molecular complexity index is 489. The summed E-state index contributed by atoms with van der Waals surface area (Å²) in [6, 6.07) is 0. The molecule has 0 unspecified atom stereocenters. The Labute approximate surface area is 144 Å². The third kappa shape index (κ3) is 8.62. The highest BCUT2D eigenvalue weighted by Crippen LogP contribution is 2.22. The van der Waals surface area contributed by atoms with Gasteiger partial charge in [0.25, 0.3) is 5.70 Å². The number of carboxylic acids is 1. The summed E-state index contributed by atoms with van der Waals surface area (Å²) < 4.78 is 0. The molecule has 0 amide bonds. The van der Waals surface area contributed by atoms with Crippen molar-refractivity contribution in [2.45, 2.75) is 52.9 Å². The number of rotatable bonds is 13. The van der Waals surface area contributed by atoms with Crippen LogP contribution in [0.25, 0.3) is 0 Å². The number of hydrogen-bond acceptors (Lipinski definition) is 4. The van der Waals surface area contributed by atoms with Crippen molar-refractivity contribution in [3.05, 3.63) is 45.7 Å². The van der Waals surface area contributed by atoms with Gasteiger partial charge >= 0.3 is 5.97 Å². The molecule has 0 bridgehead atoms.